The molecular weight excluding hydrogens is 316 g/mol. The smallest absolute Gasteiger partial charge is 0.175 e. The van der Waals surface area contributed by atoms with Crippen LogP contribution in [0.3, 0.4) is 0 Å². The second-order valence-corrected chi connectivity index (χ2v) is 4.53. The number of nitrogens with one attached hydrogen (secondary N) is 1. The first-order valence-corrected chi connectivity index (χ1v) is 7.57. The van der Waals surface area contributed by atoms with Gasteiger partial charge in [-0.25, -0.2) is 0 Å². The highest BCUT2D eigenvalue weighted by Crippen LogP contribution is 2.19. The van der Waals surface area contributed by atoms with E-state index in [-0.39, 0.29) is 0 Å². The van der Waals surface area contributed by atoms with Gasteiger partial charge in [0, 0.05) is 5.56 Å². The quantitative estimate of drug-likeness (QED) is 0.702. The Morgan fingerprint density at radius 3 is 2.12 bits per heavy atom. The molecule has 0 saturated heterocycles. The van der Waals surface area contributed by atoms with Crippen molar-refractivity contribution in [1.82, 2.24) is 5.59 Å². The fraction of sp³-hybridized carbons (Fsp3) is 0. The molecule has 1 heterocycles. The lowest BCUT2D eigenvalue weighted by molar-refractivity contribution is -0.260. The zero-order valence-corrected chi connectivity index (χ0v) is 13.5. The summed E-state index contributed by atoms with van der Waals surface area (Å²) in [5.41, 5.74) is 3.04. The van der Waals surface area contributed by atoms with Gasteiger partial charge in [-0.1, -0.05) is 85.0 Å². The van der Waals surface area contributed by atoms with Crippen LogP contribution in [0.4, 0.5) is 0 Å². The maximum atomic E-state index is 5.15. The zero-order valence-electron chi connectivity index (χ0n) is 13.5. The van der Waals surface area contributed by atoms with Gasteiger partial charge in [0.2, 0.25) is 0 Å². The van der Waals surface area contributed by atoms with Crippen LogP contribution in [0, 0.1) is 0 Å². The molecule has 126 valence electrons. The Morgan fingerprint density at radius 2 is 1.36 bits per heavy atom. The second-order valence-electron chi connectivity index (χ2n) is 4.53. The van der Waals surface area contributed by atoms with Crippen molar-refractivity contribution in [3.8, 4) is 5.75 Å². The summed E-state index contributed by atoms with van der Waals surface area (Å²) in [7, 11) is 0. The standard InChI is InChI=1S/C19H18N4O2/c1-2-4-6-8-10-14-18-15-11-12-16-19(18)24-25-23-22-21-20-17-13-9-7-5-3-1/h1-17H,(H,21,23)/b3-1-,4-2-,7-5-,8-6+,13-9-,14-10-,20-17-. The molecule has 0 bridgehead atoms. The largest absolute Gasteiger partial charge is 0.312 e. The summed E-state index contributed by atoms with van der Waals surface area (Å²) < 4.78 is 0. The van der Waals surface area contributed by atoms with Crippen LogP contribution in [-0.4, -0.2) is 6.21 Å². The highest BCUT2D eigenvalue weighted by atomic mass is 17.3. The molecule has 25 heavy (non-hydrogen) atoms. The molecule has 0 radical (unpaired) electrons. The maximum absolute atomic E-state index is 5.15. The van der Waals surface area contributed by atoms with Gasteiger partial charge in [0.25, 0.3) is 0 Å². The number of nitrogens with zero attached hydrogens (tertiary/aromatic N) is 3. The minimum Gasteiger partial charge on any atom is -0.312 e. The van der Waals surface area contributed by atoms with Crippen molar-refractivity contribution in [3.05, 3.63) is 96.7 Å². The fourth-order valence-corrected chi connectivity index (χ4v) is 1.67. The SMILES string of the molecule is C1=C\C=C/C=N\N=N/NOOc2ccccc2\C=C/C=C/C=C\C=C/1. The van der Waals surface area contributed by atoms with Gasteiger partial charge in [-0.15, -0.1) is 10.7 Å². The molecule has 2 rings (SSSR count). The van der Waals surface area contributed by atoms with Crippen molar-refractivity contribution in [2.24, 2.45) is 15.5 Å². The number of allylic oxidation sites excluding steroid dienone is 11. The molecule has 1 aromatic carbocycles. The lowest BCUT2D eigenvalue weighted by Crippen LogP contribution is -2.09. The van der Waals surface area contributed by atoms with Gasteiger partial charge in [0.1, 0.15) is 0 Å². The molecule has 0 fully saturated rings. The molecule has 1 aromatic rings. The van der Waals surface area contributed by atoms with Crippen molar-refractivity contribution < 1.29 is 9.88 Å². The predicted octanol–water partition coefficient (Wildman–Crippen LogP) is 4.66. The van der Waals surface area contributed by atoms with Crippen LogP contribution in [0.2, 0.25) is 0 Å². The number of para-hydroxylation sites is 1. The van der Waals surface area contributed by atoms with E-state index in [1.54, 1.807) is 12.1 Å². The lowest BCUT2D eigenvalue weighted by Gasteiger charge is -2.04. The molecular formula is C19H18N4O2. The molecule has 1 N–H and O–H groups in total. The van der Waals surface area contributed by atoms with E-state index in [0.29, 0.717) is 5.75 Å². The number of hydrogen-bond acceptors (Lipinski definition) is 6. The Balaban J connectivity index is 2.09. The van der Waals surface area contributed by atoms with Gasteiger partial charge in [0.05, 0.1) is 6.21 Å². The molecule has 6 nitrogen and oxygen atoms in total. The summed E-state index contributed by atoms with van der Waals surface area (Å²) in [4.78, 5) is 9.92. The van der Waals surface area contributed by atoms with Crippen molar-refractivity contribution in [2.75, 3.05) is 0 Å². The lowest BCUT2D eigenvalue weighted by atomic mass is 10.2. The Kier molecular flexibility index (Phi) is 8.55. The summed E-state index contributed by atoms with van der Waals surface area (Å²) >= 11 is 0. The summed E-state index contributed by atoms with van der Waals surface area (Å²) in [5, 5.41) is 10.6. The number of benzene rings is 1. The molecule has 0 amide bonds. The molecule has 6 heteroatoms. The van der Waals surface area contributed by atoms with Crippen molar-refractivity contribution >= 4 is 12.3 Å². The molecule has 0 aliphatic carbocycles. The Morgan fingerprint density at radius 1 is 0.720 bits per heavy atom. The Labute approximate surface area is 146 Å². The van der Waals surface area contributed by atoms with E-state index < -0.39 is 0 Å². The van der Waals surface area contributed by atoms with E-state index in [1.807, 2.05) is 85.0 Å². The van der Waals surface area contributed by atoms with E-state index in [0.717, 1.165) is 5.56 Å². The van der Waals surface area contributed by atoms with E-state index in [2.05, 4.69) is 21.1 Å². The van der Waals surface area contributed by atoms with Gasteiger partial charge in [-0.3, -0.25) is 0 Å². The first kappa shape index (κ1) is 17.8. The average Bonchev–Trinajstić information content (AvgIpc) is 2.64. The summed E-state index contributed by atoms with van der Waals surface area (Å²) in [6, 6.07) is 7.43. The molecule has 0 atom stereocenters. The highest BCUT2D eigenvalue weighted by molar-refractivity contribution is 5.71. The van der Waals surface area contributed by atoms with Crippen LogP contribution in [0.25, 0.3) is 6.08 Å². The highest BCUT2D eigenvalue weighted by Gasteiger charge is 1.99. The van der Waals surface area contributed by atoms with Crippen LogP contribution in [0.1, 0.15) is 5.56 Å². The molecule has 0 aromatic heterocycles. The molecule has 0 unspecified atom stereocenters. The van der Waals surface area contributed by atoms with E-state index in [9.17, 15) is 0 Å². The third kappa shape index (κ3) is 8.06. The van der Waals surface area contributed by atoms with Gasteiger partial charge >= 0.3 is 0 Å². The van der Waals surface area contributed by atoms with Gasteiger partial charge in [-0.2, -0.15) is 0 Å². The topological polar surface area (TPSA) is 67.6 Å². The van der Waals surface area contributed by atoms with Gasteiger partial charge < -0.3 is 4.89 Å². The number of rotatable bonds is 0. The maximum Gasteiger partial charge on any atom is 0.175 e. The first-order chi connectivity index (χ1) is 12.5. The minimum absolute atomic E-state index is 0.539. The normalized spacial score (nSPS) is 25.4. The Bertz CT molecular complexity index is 756. The van der Waals surface area contributed by atoms with Crippen LogP contribution < -0.4 is 10.5 Å². The summed E-state index contributed by atoms with van der Waals surface area (Å²) in [6.45, 7) is 0. The molecule has 0 spiro atoms. The van der Waals surface area contributed by atoms with Crippen molar-refractivity contribution in [3.63, 3.8) is 0 Å². The number of hydrogen-bond donors (Lipinski definition) is 1. The fourth-order valence-electron chi connectivity index (χ4n) is 1.67. The third-order valence-corrected chi connectivity index (χ3v) is 2.76. The van der Waals surface area contributed by atoms with Crippen LogP contribution >= 0.6 is 0 Å². The van der Waals surface area contributed by atoms with Gasteiger partial charge in [-0.05, 0) is 27.6 Å². The molecule has 1 aliphatic heterocycles. The average molecular weight is 334 g/mol. The third-order valence-electron chi connectivity index (χ3n) is 2.76. The second kappa shape index (κ2) is 12.0. The van der Waals surface area contributed by atoms with Crippen molar-refractivity contribution in [2.45, 2.75) is 0 Å². The minimum atomic E-state index is 0.539. The summed E-state index contributed by atoms with van der Waals surface area (Å²) in [6.07, 6.45) is 24.3. The molecule has 0 saturated carbocycles. The van der Waals surface area contributed by atoms with E-state index >= 15 is 0 Å². The van der Waals surface area contributed by atoms with E-state index in [1.165, 1.54) is 6.21 Å². The molecule has 1 aliphatic rings. The van der Waals surface area contributed by atoms with Crippen LogP contribution in [-0.2, 0) is 4.99 Å². The zero-order chi connectivity index (χ0) is 17.4. The monoisotopic (exact) mass is 334 g/mol. The van der Waals surface area contributed by atoms with Crippen molar-refractivity contribution in [1.29, 1.82) is 0 Å². The summed E-state index contributed by atoms with van der Waals surface area (Å²) in [5.74, 6) is 0.539. The van der Waals surface area contributed by atoms with E-state index in [4.69, 9.17) is 9.88 Å². The predicted molar refractivity (Wildman–Crippen MR) is 99.4 cm³/mol. The van der Waals surface area contributed by atoms with Crippen LogP contribution in [0.5, 0.6) is 5.75 Å². The first-order valence-electron chi connectivity index (χ1n) is 7.57. The van der Waals surface area contributed by atoms with Gasteiger partial charge in [0.15, 0.2) is 5.75 Å². The number of fused-ring (bicyclic) bond motifs is 1. The Hall–Kier alpha value is -3.51. The van der Waals surface area contributed by atoms with Crippen LogP contribution in [0.15, 0.2) is 107 Å².